The monoisotopic (exact) mass is 283 g/mol. The lowest BCUT2D eigenvalue weighted by molar-refractivity contribution is 0.449. The molecule has 0 spiro atoms. The van der Waals surface area contributed by atoms with Crippen molar-refractivity contribution in [3.05, 3.63) is 41.9 Å². The Morgan fingerprint density at radius 2 is 2.05 bits per heavy atom. The number of aromatic amines is 1. The minimum atomic E-state index is 0.535. The van der Waals surface area contributed by atoms with Crippen molar-refractivity contribution in [2.45, 2.75) is 39.0 Å². The number of rotatable bonds is 4. The molecule has 21 heavy (non-hydrogen) atoms. The molecule has 3 nitrogen and oxygen atoms in total. The fraction of sp³-hybridized carbons (Fsp3) is 0.500. The molecule has 3 rings (SSSR count). The van der Waals surface area contributed by atoms with Gasteiger partial charge in [0.15, 0.2) is 0 Å². The molecule has 2 aromatic rings. The number of piperidine rings is 1. The summed E-state index contributed by atoms with van der Waals surface area (Å²) in [5.74, 6) is 2.37. The van der Waals surface area contributed by atoms with Gasteiger partial charge in [0.1, 0.15) is 5.82 Å². The number of imidazole rings is 1. The van der Waals surface area contributed by atoms with Crippen molar-refractivity contribution in [1.29, 1.82) is 0 Å². The highest BCUT2D eigenvalue weighted by atomic mass is 15.0. The van der Waals surface area contributed by atoms with E-state index in [0.29, 0.717) is 11.8 Å². The van der Waals surface area contributed by atoms with Crippen molar-refractivity contribution in [1.82, 2.24) is 15.3 Å². The maximum absolute atomic E-state index is 4.59. The lowest BCUT2D eigenvalue weighted by Crippen LogP contribution is -2.28. The Kier molecular flexibility index (Phi) is 4.39. The smallest absolute Gasteiger partial charge is 0.110 e. The molecule has 1 aliphatic rings. The number of H-pyrrole nitrogens is 1. The number of hydrogen-bond donors (Lipinski definition) is 2. The predicted molar refractivity (Wildman–Crippen MR) is 87.4 cm³/mol. The highest BCUT2D eigenvalue weighted by molar-refractivity contribution is 5.59. The standard InChI is InChI=1S/C18H25N3/c1-13(2)10-14-5-7-15(8-6-14)17-12-20-18(21-17)16-4-3-9-19-11-16/h5-8,12-13,16,19H,3-4,9-11H2,1-2H3,(H,20,21). The van der Waals surface area contributed by atoms with Crippen LogP contribution >= 0.6 is 0 Å². The maximum Gasteiger partial charge on any atom is 0.110 e. The number of nitrogens with zero attached hydrogens (tertiary/aromatic N) is 1. The van der Waals surface area contributed by atoms with Gasteiger partial charge >= 0.3 is 0 Å². The van der Waals surface area contributed by atoms with Crippen molar-refractivity contribution in [3.8, 4) is 11.3 Å². The average Bonchev–Trinajstić information content (AvgIpc) is 2.98. The van der Waals surface area contributed by atoms with E-state index in [1.54, 1.807) is 0 Å². The number of benzene rings is 1. The third kappa shape index (κ3) is 3.53. The third-order valence-electron chi connectivity index (χ3n) is 4.19. The molecule has 3 heteroatoms. The van der Waals surface area contributed by atoms with E-state index in [4.69, 9.17) is 0 Å². The lowest BCUT2D eigenvalue weighted by Gasteiger charge is -2.20. The van der Waals surface area contributed by atoms with Crippen LogP contribution in [0.4, 0.5) is 0 Å². The van der Waals surface area contributed by atoms with Crippen molar-refractivity contribution >= 4 is 0 Å². The molecule has 1 unspecified atom stereocenters. The van der Waals surface area contributed by atoms with E-state index < -0.39 is 0 Å². The summed E-state index contributed by atoms with van der Waals surface area (Å²) in [7, 11) is 0. The molecule has 0 bridgehead atoms. The molecule has 0 saturated carbocycles. The molecule has 0 radical (unpaired) electrons. The van der Waals surface area contributed by atoms with Crippen LogP contribution in [0.5, 0.6) is 0 Å². The van der Waals surface area contributed by atoms with Crippen LogP contribution in [0, 0.1) is 5.92 Å². The summed E-state index contributed by atoms with van der Waals surface area (Å²) < 4.78 is 0. The molecule has 1 atom stereocenters. The molecule has 1 aromatic heterocycles. The maximum atomic E-state index is 4.59. The second kappa shape index (κ2) is 6.44. The van der Waals surface area contributed by atoms with E-state index in [2.05, 4.69) is 53.4 Å². The van der Waals surface area contributed by atoms with Gasteiger partial charge in [-0.05, 0) is 42.9 Å². The lowest BCUT2D eigenvalue weighted by atomic mass is 9.99. The molecule has 1 saturated heterocycles. The summed E-state index contributed by atoms with van der Waals surface area (Å²) in [6, 6.07) is 8.87. The van der Waals surface area contributed by atoms with Crippen LogP contribution in [0.3, 0.4) is 0 Å². The molecule has 0 aliphatic carbocycles. The van der Waals surface area contributed by atoms with Gasteiger partial charge in [0.25, 0.3) is 0 Å². The SMILES string of the molecule is CC(C)Cc1ccc(-c2cnc(C3CCCNC3)[nH]2)cc1. The summed E-state index contributed by atoms with van der Waals surface area (Å²) in [5, 5.41) is 3.45. The van der Waals surface area contributed by atoms with Crippen LogP contribution in [0.2, 0.25) is 0 Å². The summed E-state index contributed by atoms with van der Waals surface area (Å²) in [4.78, 5) is 8.10. The van der Waals surface area contributed by atoms with Gasteiger partial charge in [-0.3, -0.25) is 0 Å². The van der Waals surface area contributed by atoms with E-state index in [0.717, 1.165) is 31.0 Å². The number of aromatic nitrogens is 2. The minimum absolute atomic E-state index is 0.535. The molecule has 1 aliphatic heterocycles. The van der Waals surface area contributed by atoms with Gasteiger partial charge in [-0.15, -0.1) is 0 Å². The summed E-state index contributed by atoms with van der Waals surface area (Å²) >= 11 is 0. The first kappa shape index (κ1) is 14.3. The quantitative estimate of drug-likeness (QED) is 0.897. The molecular weight excluding hydrogens is 258 g/mol. The zero-order chi connectivity index (χ0) is 14.7. The summed E-state index contributed by atoms with van der Waals surface area (Å²) in [5.41, 5.74) is 3.77. The van der Waals surface area contributed by atoms with Gasteiger partial charge in [-0.1, -0.05) is 38.1 Å². The molecule has 1 fully saturated rings. The molecule has 2 heterocycles. The molecule has 1 aromatic carbocycles. The van der Waals surface area contributed by atoms with Gasteiger partial charge in [0, 0.05) is 12.5 Å². The minimum Gasteiger partial charge on any atom is -0.342 e. The molecule has 2 N–H and O–H groups in total. The van der Waals surface area contributed by atoms with Crippen LogP contribution in [-0.4, -0.2) is 23.1 Å². The van der Waals surface area contributed by atoms with Gasteiger partial charge in [0.05, 0.1) is 11.9 Å². The first-order chi connectivity index (χ1) is 10.2. The zero-order valence-corrected chi connectivity index (χ0v) is 13.0. The van der Waals surface area contributed by atoms with Crippen molar-refractivity contribution < 1.29 is 0 Å². The fourth-order valence-electron chi connectivity index (χ4n) is 3.07. The van der Waals surface area contributed by atoms with Crippen LogP contribution < -0.4 is 5.32 Å². The van der Waals surface area contributed by atoms with Gasteiger partial charge in [-0.25, -0.2) is 4.98 Å². The Hall–Kier alpha value is -1.61. The first-order valence-corrected chi connectivity index (χ1v) is 8.07. The van der Waals surface area contributed by atoms with Crippen LogP contribution in [0.15, 0.2) is 30.5 Å². The van der Waals surface area contributed by atoms with Gasteiger partial charge < -0.3 is 10.3 Å². The van der Waals surface area contributed by atoms with E-state index in [1.807, 2.05) is 6.20 Å². The Balaban J connectivity index is 1.73. The summed E-state index contributed by atoms with van der Waals surface area (Å²) in [6.07, 6.45) is 5.58. The second-order valence-corrected chi connectivity index (χ2v) is 6.52. The second-order valence-electron chi connectivity index (χ2n) is 6.52. The Morgan fingerprint density at radius 1 is 1.24 bits per heavy atom. The third-order valence-corrected chi connectivity index (χ3v) is 4.19. The first-order valence-electron chi connectivity index (χ1n) is 8.07. The normalized spacial score (nSPS) is 19.1. The predicted octanol–water partition coefficient (Wildman–Crippen LogP) is 3.74. The zero-order valence-electron chi connectivity index (χ0n) is 13.0. The van der Waals surface area contributed by atoms with E-state index in [9.17, 15) is 0 Å². The number of nitrogens with one attached hydrogen (secondary N) is 2. The Bertz CT molecular complexity index is 562. The highest BCUT2D eigenvalue weighted by Gasteiger charge is 2.18. The van der Waals surface area contributed by atoms with E-state index >= 15 is 0 Å². The summed E-state index contributed by atoms with van der Waals surface area (Å²) in [6.45, 7) is 6.70. The topological polar surface area (TPSA) is 40.7 Å². The Labute approximate surface area is 127 Å². The highest BCUT2D eigenvalue weighted by Crippen LogP contribution is 2.24. The molecule has 112 valence electrons. The number of hydrogen-bond acceptors (Lipinski definition) is 2. The molecule has 0 amide bonds. The Morgan fingerprint density at radius 3 is 2.71 bits per heavy atom. The van der Waals surface area contributed by atoms with Crippen LogP contribution in [0.1, 0.15) is 44.0 Å². The fourth-order valence-corrected chi connectivity index (χ4v) is 3.07. The largest absolute Gasteiger partial charge is 0.342 e. The van der Waals surface area contributed by atoms with E-state index in [1.165, 1.54) is 24.0 Å². The van der Waals surface area contributed by atoms with Crippen LogP contribution in [-0.2, 0) is 6.42 Å². The van der Waals surface area contributed by atoms with Crippen molar-refractivity contribution in [3.63, 3.8) is 0 Å². The van der Waals surface area contributed by atoms with Gasteiger partial charge in [0.2, 0.25) is 0 Å². The van der Waals surface area contributed by atoms with Gasteiger partial charge in [-0.2, -0.15) is 0 Å². The van der Waals surface area contributed by atoms with Crippen molar-refractivity contribution in [2.75, 3.05) is 13.1 Å². The van der Waals surface area contributed by atoms with E-state index in [-0.39, 0.29) is 0 Å². The van der Waals surface area contributed by atoms with Crippen molar-refractivity contribution in [2.24, 2.45) is 5.92 Å². The van der Waals surface area contributed by atoms with Crippen LogP contribution in [0.25, 0.3) is 11.3 Å². The molecular formula is C18H25N3. The average molecular weight is 283 g/mol.